The Hall–Kier alpha value is -0.990. The molecule has 2 aromatic rings. The number of halogens is 2. The summed E-state index contributed by atoms with van der Waals surface area (Å²) in [4.78, 5) is 19.8. The van der Waals surface area contributed by atoms with E-state index in [0.29, 0.717) is 15.2 Å². The molecule has 0 aliphatic heterocycles. The number of hydrogen-bond acceptors (Lipinski definition) is 5. The zero-order valence-electron chi connectivity index (χ0n) is 8.28. The summed E-state index contributed by atoms with van der Waals surface area (Å²) < 4.78 is 1.53. The van der Waals surface area contributed by atoms with E-state index in [1.165, 1.54) is 17.5 Å². The van der Waals surface area contributed by atoms with Crippen molar-refractivity contribution in [2.45, 2.75) is 0 Å². The van der Waals surface area contributed by atoms with E-state index in [1.54, 1.807) is 12.3 Å². The molecular formula is C9H6Br2N4OS. The van der Waals surface area contributed by atoms with Gasteiger partial charge in [-0.05, 0) is 37.9 Å². The third kappa shape index (κ3) is 3.02. The van der Waals surface area contributed by atoms with Crippen LogP contribution in [0.1, 0.15) is 10.4 Å². The molecule has 0 aromatic carbocycles. The van der Waals surface area contributed by atoms with Crippen LogP contribution in [0.3, 0.4) is 0 Å². The highest BCUT2D eigenvalue weighted by Crippen LogP contribution is 2.24. The molecule has 5 nitrogen and oxygen atoms in total. The van der Waals surface area contributed by atoms with Crippen LogP contribution in [0.2, 0.25) is 0 Å². The monoisotopic (exact) mass is 376 g/mol. The maximum Gasteiger partial charge on any atom is 0.261 e. The van der Waals surface area contributed by atoms with Gasteiger partial charge in [-0.15, -0.1) is 0 Å². The van der Waals surface area contributed by atoms with Gasteiger partial charge in [0, 0.05) is 10.7 Å². The molecule has 0 fully saturated rings. The molecule has 1 amide bonds. The fraction of sp³-hybridized carbons (Fsp3) is 0. The number of aromatic nitrogens is 2. The maximum atomic E-state index is 11.9. The number of carbonyl (C=O) groups is 1. The van der Waals surface area contributed by atoms with Crippen molar-refractivity contribution in [2.24, 2.45) is 0 Å². The first-order chi connectivity index (χ1) is 8.06. The molecule has 2 rings (SSSR count). The van der Waals surface area contributed by atoms with Crippen molar-refractivity contribution >= 4 is 60.1 Å². The maximum absolute atomic E-state index is 11.9. The summed E-state index contributed by atoms with van der Waals surface area (Å²) >= 11 is 7.82. The number of nitrogens with two attached hydrogens (primary N) is 1. The Morgan fingerprint density at radius 3 is 2.76 bits per heavy atom. The summed E-state index contributed by atoms with van der Waals surface area (Å²) in [5.41, 5.74) is 5.94. The zero-order chi connectivity index (χ0) is 12.4. The molecule has 2 heterocycles. The minimum absolute atomic E-state index is 0.182. The van der Waals surface area contributed by atoms with E-state index in [9.17, 15) is 4.79 Å². The largest absolute Gasteiger partial charge is 0.383 e. The van der Waals surface area contributed by atoms with Crippen molar-refractivity contribution < 1.29 is 4.79 Å². The molecule has 2 aromatic heterocycles. The molecule has 0 aliphatic rings. The van der Waals surface area contributed by atoms with Crippen molar-refractivity contribution in [3.8, 4) is 0 Å². The van der Waals surface area contributed by atoms with E-state index < -0.39 is 0 Å². The standard InChI is InChI=1S/C9H6Br2N4OS/c10-4-1-5(7(12)13-2-4)8(16)15-9-14-3-6(11)17-9/h1-3H,(H2,12,13)(H,14,15,16). The Labute approximate surface area is 118 Å². The number of thiazole rings is 1. The summed E-state index contributed by atoms with van der Waals surface area (Å²) in [6, 6.07) is 1.61. The van der Waals surface area contributed by atoms with Crippen molar-refractivity contribution in [3.63, 3.8) is 0 Å². The molecule has 0 radical (unpaired) electrons. The van der Waals surface area contributed by atoms with Crippen LogP contribution in [0.5, 0.6) is 0 Å². The second-order valence-corrected chi connectivity index (χ2v) is 6.34. The van der Waals surface area contributed by atoms with E-state index in [0.717, 1.165) is 3.79 Å². The SMILES string of the molecule is Nc1ncc(Br)cc1C(=O)Nc1ncc(Br)s1. The lowest BCUT2D eigenvalue weighted by atomic mass is 10.2. The Kier molecular flexibility index (Phi) is 3.75. The van der Waals surface area contributed by atoms with Crippen molar-refractivity contribution in [3.05, 3.63) is 32.3 Å². The van der Waals surface area contributed by atoms with E-state index in [-0.39, 0.29) is 11.7 Å². The lowest BCUT2D eigenvalue weighted by Crippen LogP contribution is -2.14. The van der Waals surface area contributed by atoms with Crippen LogP contribution in [0.4, 0.5) is 10.9 Å². The molecule has 0 saturated heterocycles. The van der Waals surface area contributed by atoms with Crippen LogP contribution in [-0.2, 0) is 0 Å². The fourth-order valence-corrected chi connectivity index (χ4v) is 2.54. The molecule has 88 valence electrons. The summed E-state index contributed by atoms with van der Waals surface area (Å²) in [6.45, 7) is 0. The molecule has 0 spiro atoms. The number of nitrogens with zero attached hydrogens (tertiary/aromatic N) is 2. The highest BCUT2D eigenvalue weighted by Gasteiger charge is 2.13. The van der Waals surface area contributed by atoms with Crippen LogP contribution >= 0.6 is 43.2 Å². The van der Waals surface area contributed by atoms with Gasteiger partial charge < -0.3 is 5.73 Å². The Balaban J connectivity index is 2.22. The van der Waals surface area contributed by atoms with Gasteiger partial charge >= 0.3 is 0 Å². The Morgan fingerprint density at radius 1 is 1.35 bits per heavy atom. The first kappa shape index (κ1) is 12.5. The molecule has 0 atom stereocenters. The second kappa shape index (κ2) is 5.11. The van der Waals surface area contributed by atoms with Gasteiger partial charge in [-0.25, -0.2) is 9.97 Å². The Morgan fingerprint density at radius 2 is 2.12 bits per heavy atom. The highest BCUT2D eigenvalue weighted by molar-refractivity contribution is 9.11. The predicted molar refractivity (Wildman–Crippen MR) is 74.1 cm³/mol. The van der Waals surface area contributed by atoms with Crippen LogP contribution < -0.4 is 11.1 Å². The molecule has 0 bridgehead atoms. The summed E-state index contributed by atoms with van der Waals surface area (Å²) in [5.74, 6) is -0.153. The predicted octanol–water partition coefficient (Wildman–Crippen LogP) is 2.90. The number of rotatable bonds is 2. The third-order valence-electron chi connectivity index (χ3n) is 1.83. The van der Waals surface area contributed by atoms with Crippen LogP contribution in [-0.4, -0.2) is 15.9 Å². The number of hydrogen-bond donors (Lipinski definition) is 2. The van der Waals surface area contributed by atoms with Crippen molar-refractivity contribution in [1.29, 1.82) is 0 Å². The number of pyridine rings is 1. The van der Waals surface area contributed by atoms with Crippen LogP contribution in [0, 0.1) is 0 Å². The molecular weight excluding hydrogens is 372 g/mol. The van der Waals surface area contributed by atoms with Gasteiger partial charge in [0.15, 0.2) is 5.13 Å². The zero-order valence-corrected chi connectivity index (χ0v) is 12.3. The second-order valence-electron chi connectivity index (χ2n) is 3.01. The molecule has 8 heteroatoms. The smallest absolute Gasteiger partial charge is 0.261 e. The Bertz CT molecular complexity index is 572. The minimum atomic E-state index is -0.335. The van der Waals surface area contributed by atoms with Gasteiger partial charge in [-0.1, -0.05) is 11.3 Å². The fourth-order valence-electron chi connectivity index (χ4n) is 1.11. The number of amides is 1. The van der Waals surface area contributed by atoms with E-state index in [4.69, 9.17) is 5.73 Å². The van der Waals surface area contributed by atoms with E-state index in [1.807, 2.05) is 0 Å². The van der Waals surface area contributed by atoms with Gasteiger partial charge in [0.2, 0.25) is 0 Å². The van der Waals surface area contributed by atoms with Gasteiger partial charge in [0.1, 0.15) is 5.82 Å². The third-order valence-corrected chi connectivity index (χ3v) is 3.65. The van der Waals surface area contributed by atoms with E-state index in [2.05, 4.69) is 47.1 Å². The minimum Gasteiger partial charge on any atom is -0.383 e. The number of anilines is 2. The van der Waals surface area contributed by atoms with Crippen molar-refractivity contribution in [1.82, 2.24) is 9.97 Å². The van der Waals surface area contributed by atoms with Gasteiger partial charge in [-0.2, -0.15) is 0 Å². The quantitative estimate of drug-likeness (QED) is 0.843. The molecule has 17 heavy (non-hydrogen) atoms. The van der Waals surface area contributed by atoms with Crippen LogP contribution in [0.15, 0.2) is 26.7 Å². The summed E-state index contributed by atoms with van der Waals surface area (Å²) in [5, 5.41) is 3.15. The molecule has 0 unspecified atom stereocenters. The lowest BCUT2D eigenvalue weighted by Gasteiger charge is -2.04. The molecule has 0 aliphatic carbocycles. The molecule has 0 saturated carbocycles. The first-order valence-corrected chi connectivity index (χ1v) is 6.80. The first-order valence-electron chi connectivity index (χ1n) is 4.40. The summed E-state index contributed by atoms with van der Waals surface area (Å²) in [7, 11) is 0. The van der Waals surface area contributed by atoms with Crippen molar-refractivity contribution in [2.75, 3.05) is 11.1 Å². The molecule has 3 N–H and O–H groups in total. The topological polar surface area (TPSA) is 80.9 Å². The average Bonchev–Trinajstić information content (AvgIpc) is 2.67. The normalized spacial score (nSPS) is 10.2. The number of nitrogen functional groups attached to an aromatic ring is 1. The summed E-state index contributed by atoms with van der Waals surface area (Å²) in [6.07, 6.45) is 3.15. The number of carbonyl (C=O) groups excluding carboxylic acids is 1. The average molecular weight is 378 g/mol. The van der Waals surface area contributed by atoms with Crippen LogP contribution in [0.25, 0.3) is 0 Å². The number of nitrogens with one attached hydrogen (secondary N) is 1. The van der Waals surface area contributed by atoms with E-state index >= 15 is 0 Å². The van der Waals surface area contributed by atoms with Gasteiger partial charge in [-0.3, -0.25) is 10.1 Å². The lowest BCUT2D eigenvalue weighted by molar-refractivity contribution is 0.102. The van der Waals surface area contributed by atoms with Gasteiger partial charge in [0.25, 0.3) is 5.91 Å². The highest BCUT2D eigenvalue weighted by atomic mass is 79.9. The van der Waals surface area contributed by atoms with Gasteiger partial charge in [0.05, 0.1) is 15.5 Å².